The number of likely N-dealkylation sites (N-methyl/N-ethyl adjacent to an activating group) is 1. The van der Waals surface area contributed by atoms with Crippen molar-refractivity contribution in [2.45, 2.75) is 18.6 Å². The van der Waals surface area contributed by atoms with E-state index in [2.05, 4.69) is 14.8 Å². The van der Waals surface area contributed by atoms with Crippen LogP contribution in [0.15, 0.2) is 18.5 Å². The minimum Gasteiger partial charge on any atom is -0.380 e. The molecule has 0 saturated carbocycles. The first-order chi connectivity index (χ1) is 11.1. The van der Waals surface area contributed by atoms with Gasteiger partial charge >= 0.3 is 0 Å². The molecule has 6 nitrogen and oxygen atoms in total. The molecule has 1 aromatic heterocycles. The number of pyridine rings is 1. The van der Waals surface area contributed by atoms with E-state index in [9.17, 15) is 4.79 Å². The maximum Gasteiger partial charge on any atom is 0.240 e. The summed E-state index contributed by atoms with van der Waals surface area (Å²) in [5.74, 6) is 0.215. The molecule has 0 bridgehead atoms. The number of likely N-dealkylation sites (tertiary alicyclic amines) is 1. The lowest BCUT2D eigenvalue weighted by Crippen LogP contribution is -2.53. The maximum atomic E-state index is 12.8. The second kappa shape index (κ2) is 7.03. The van der Waals surface area contributed by atoms with Crippen LogP contribution >= 0.6 is 11.6 Å². The van der Waals surface area contributed by atoms with E-state index < -0.39 is 0 Å². The summed E-state index contributed by atoms with van der Waals surface area (Å²) in [5, 5.41) is 0.658. The van der Waals surface area contributed by atoms with E-state index in [0.29, 0.717) is 5.02 Å². The molecule has 0 aliphatic carbocycles. The summed E-state index contributed by atoms with van der Waals surface area (Å²) in [6.07, 6.45) is 4.34. The molecule has 2 aliphatic rings. The molecule has 1 amide bonds. The van der Waals surface area contributed by atoms with Crippen molar-refractivity contribution in [3.8, 4) is 0 Å². The first-order valence-corrected chi connectivity index (χ1v) is 8.34. The molecule has 1 aromatic rings. The number of aromatic nitrogens is 1. The van der Waals surface area contributed by atoms with Gasteiger partial charge in [0.1, 0.15) is 0 Å². The molecular formula is C16H23ClN4O2. The van der Waals surface area contributed by atoms with Crippen LogP contribution in [0.5, 0.6) is 0 Å². The van der Waals surface area contributed by atoms with Gasteiger partial charge in [-0.2, -0.15) is 0 Å². The fourth-order valence-electron chi connectivity index (χ4n) is 3.41. The third-order valence-corrected chi connectivity index (χ3v) is 5.10. The van der Waals surface area contributed by atoms with Crippen molar-refractivity contribution in [1.82, 2.24) is 14.8 Å². The Kier molecular flexibility index (Phi) is 5.04. The SMILES string of the molecule is CO[C@H]1C[C@@H](C(=O)N2CCN(c3ccncc3Cl)CC2)N(C)C1. The molecule has 0 spiro atoms. The number of hydrogen-bond acceptors (Lipinski definition) is 5. The lowest BCUT2D eigenvalue weighted by molar-refractivity contribution is -0.135. The molecule has 2 saturated heterocycles. The van der Waals surface area contributed by atoms with Gasteiger partial charge in [-0.15, -0.1) is 0 Å². The van der Waals surface area contributed by atoms with Crippen LogP contribution in [0.4, 0.5) is 5.69 Å². The van der Waals surface area contributed by atoms with Crippen molar-refractivity contribution in [3.63, 3.8) is 0 Å². The fourth-order valence-corrected chi connectivity index (χ4v) is 3.65. The summed E-state index contributed by atoms with van der Waals surface area (Å²) in [4.78, 5) is 23.1. The Morgan fingerprint density at radius 3 is 2.70 bits per heavy atom. The minimum absolute atomic E-state index is 0.0592. The van der Waals surface area contributed by atoms with Crippen molar-refractivity contribution in [3.05, 3.63) is 23.5 Å². The minimum atomic E-state index is -0.0592. The number of piperazine rings is 1. The first kappa shape index (κ1) is 16.5. The van der Waals surface area contributed by atoms with Gasteiger partial charge in [0.25, 0.3) is 0 Å². The highest BCUT2D eigenvalue weighted by Crippen LogP contribution is 2.26. The standard InChI is InChI=1S/C16H23ClN4O2/c1-19-11-12(23-2)9-15(19)16(22)21-7-5-20(6-8-21)14-3-4-18-10-13(14)17/h3-4,10,12,15H,5-9,11H2,1-2H3/t12-,15-/m0/s1. The number of nitrogens with zero attached hydrogens (tertiary/aromatic N) is 4. The largest absolute Gasteiger partial charge is 0.380 e. The van der Waals surface area contributed by atoms with Gasteiger partial charge in [-0.25, -0.2) is 0 Å². The first-order valence-electron chi connectivity index (χ1n) is 7.96. The number of hydrogen-bond donors (Lipinski definition) is 0. The van der Waals surface area contributed by atoms with Crippen molar-refractivity contribution in [2.75, 3.05) is 51.8 Å². The number of carbonyl (C=O) groups excluding carboxylic acids is 1. The summed E-state index contributed by atoms with van der Waals surface area (Å²) in [7, 11) is 3.71. The van der Waals surface area contributed by atoms with Crippen molar-refractivity contribution >= 4 is 23.2 Å². The van der Waals surface area contributed by atoms with Crippen LogP contribution in [-0.4, -0.2) is 79.7 Å². The van der Waals surface area contributed by atoms with E-state index in [1.54, 1.807) is 19.5 Å². The zero-order valence-corrected chi connectivity index (χ0v) is 14.4. The summed E-state index contributed by atoms with van der Waals surface area (Å²) in [6, 6.07) is 1.87. The highest BCUT2D eigenvalue weighted by molar-refractivity contribution is 6.33. The van der Waals surface area contributed by atoms with Crippen LogP contribution in [0.2, 0.25) is 5.02 Å². The van der Waals surface area contributed by atoms with Gasteiger partial charge in [0, 0.05) is 52.2 Å². The van der Waals surface area contributed by atoms with Crippen LogP contribution in [0.3, 0.4) is 0 Å². The van der Waals surface area contributed by atoms with E-state index in [-0.39, 0.29) is 18.1 Å². The zero-order valence-electron chi connectivity index (χ0n) is 13.6. The lowest BCUT2D eigenvalue weighted by Gasteiger charge is -2.38. The highest BCUT2D eigenvalue weighted by Gasteiger charge is 2.37. The predicted molar refractivity (Wildman–Crippen MR) is 89.9 cm³/mol. The zero-order chi connectivity index (χ0) is 16.4. The molecule has 2 fully saturated rings. The number of anilines is 1. The topological polar surface area (TPSA) is 48.9 Å². The monoisotopic (exact) mass is 338 g/mol. The van der Waals surface area contributed by atoms with Crippen molar-refractivity contribution in [1.29, 1.82) is 0 Å². The van der Waals surface area contributed by atoms with Gasteiger partial charge < -0.3 is 14.5 Å². The van der Waals surface area contributed by atoms with Crippen LogP contribution < -0.4 is 4.90 Å². The number of halogens is 1. The number of amides is 1. The quantitative estimate of drug-likeness (QED) is 0.826. The third-order valence-electron chi connectivity index (χ3n) is 4.81. The molecular weight excluding hydrogens is 316 g/mol. The van der Waals surface area contributed by atoms with E-state index in [1.807, 2.05) is 18.0 Å². The van der Waals surface area contributed by atoms with E-state index in [1.165, 1.54) is 0 Å². The summed E-state index contributed by atoms with van der Waals surface area (Å²) >= 11 is 6.21. The predicted octanol–water partition coefficient (Wildman–Crippen LogP) is 1.10. The average Bonchev–Trinajstić information content (AvgIpc) is 2.96. The fraction of sp³-hybridized carbons (Fsp3) is 0.625. The number of methoxy groups -OCH3 is 1. The van der Waals surface area contributed by atoms with Gasteiger partial charge in [0.05, 0.1) is 22.9 Å². The summed E-state index contributed by atoms with van der Waals surface area (Å²) in [6.45, 7) is 3.84. The Morgan fingerprint density at radius 2 is 2.09 bits per heavy atom. The molecule has 3 rings (SSSR count). The molecule has 3 heterocycles. The van der Waals surface area contributed by atoms with Gasteiger partial charge in [-0.1, -0.05) is 11.6 Å². The smallest absolute Gasteiger partial charge is 0.240 e. The normalized spacial score (nSPS) is 25.9. The molecule has 7 heteroatoms. The van der Waals surface area contributed by atoms with E-state index >= 15 is 0 Å². The molecule has 23 heavy (non-hydrogen) atoms. The Bertz CT molecular complexity index is 563. The van der Waals surface area contributed by atoms with Crippen LogP contribution in [0.25, 0.3) is 0 Å². The highest BCUT2D eigenvalue weighted by atomic mass is 35.5. The molecule has 2 atom stereocenters. The van der Waals surface area contributed by atoms with Gasteiger partial charge in [0.2, 0.25) is 5.91 Å². The van der Waals surface area contributed by atoms with Crippen LogP contribution in [-0.2, 0) is 9.53 Å². The van der Waals surface area contributed by atoms with Crippen molar-refractivity contribution in [2.24, 2.45) is 0 Å². The second-order valence-electron chi connectivity index (χ2n) is 6.19. The molecule has 126 valence electrons. The number of rotatable bonds is 3. The Labute approximate surface area is 142 Å². The molecule has 0 unspecified atom stereocenters. The summed E-state index contributed by atoms with van der Waals surface area (Å²) < 4.78 is 5.40. The van der Waals surface area contributed by atoms with Crippen molar-refractivity contribution < 1.29 is 9.53 Å². The molecule has 0 N–H and O–H groups in total. The Balaban J connectivity index is 1.59. The Hall–Kier alpha value is -1.37. The Morgan fingerprint density at radius 1 is 1.35 bits per heavy atom. The maximum absolute atomic E-state index is 12.8. The van der Waals surface area contributed by atoms with E-state index in [0.717, 1.165) is 44.8 Å². The average molecular weight is 339 g/mol. The van der Waals surface area contributed by atoms with Crippen LogP contribution in [0, 0.1) is 0 Å². The second-order valence-corrected chi connectivity index (χ2v) is 6.60. The number of carbonyl (C=O) groups is 1. The third kappa shape index (κ3) is 3.44. The molecule has 2 aliphatic heterocycles. The molecule has 0 radical (unpaired) electrons. The van der Waals surface area contributed by atoms with Gasteiger partial charge in [-0.3, -0.25) is 14.7 Å². The van der Waals surface area contributed by atoms with Crippen LogP contribution in [0.1, 0.15) is 6.42 Å². The van der Waals surface area contributed by atoms with E-state index in [4.69, 9.17) is 16.3 Å². The molecule has 0 aromatic carbocycles. The van der Waals surface area contributed by atoms with Gasteiger partial charge in [-0.05, 0) is 19.5 Å². The van der Waals surface area contributed by atoms with Gasteiger partial charge in [0.15, 0.2) is 0 Å². The number of ether oxygens (including phenoxy) is 1. The summed E-state index contributed by atoms with van der Waals surface area (Å²) in [5.41, 5.74) is 0.992. The lowest BCUT2D eigenvalue weighted by atomic mass is 10.1.